The molecule has 0 bridgehead atoms. The zero-order valence-corrected chi connectivity index (χ0v) is 15.7. The van der Waals surface area contributed by atoms with Crippen LogP contribution in [0.3, 0.4) is 0 Å². The first-order chi connectivity index (χ1) is 13.9. The standard InChI is InChI=1S/C18H12N4O6S/c1-28-11-6-3-7-12-15(11)20-18(29-12)19-13(23)8-21-16(24)9-4-2-5-10(22(26)27)14(9)17(21)25/h2-7H,8H2,1H3,(H,19,20,23). The summed E-state index contributed by atoms with van der Waals surface area (Å²) in [6.45, 7) is -0.587. The number of thiazole rings is 1. The number of nitrogens with zero attached hydrogens (tertiary/aromatic N) is 3. The van der Waals surface area contributed by atoms with Crippen molar-refractivity contribution >= 4 is 50.1 Å². The van der Waals surface area contributed by atoms with Crippen LogP contribution in [0.1, 0.15) is 20.7 Å². The Bertz CT molecular complexity index is 1200. The topological polar surface area (TPSA) is 132 Å². The molecule has 3 amide bonds. The van der Waals surface area contributed by atoms with Crippen molar-refractivity contribution in [1.82, 2.24) is 9.88 Å². The molecule has 0 aliphatic carbocycles. The fourth-order valence-corrected chi connectivity index (χ4v) is 3.95. The second-order valence-corrected chi connectivity index (χ2v) is 7.06. The van der Waals surface area contributed by atoms with Gasteiger partial charge < -0.3 is 10.1 Å². The van der Waals surface area contributed by atoms with Gasteiger partial charge in [-0.15, -0.1) is 0 Å². The summed E-state index contributed by atoms with van der Waals surface area (Å²) in [4.78, 5) is 52.8. The van der Waals surface area contributed by atoms with E-state index in [2.05, 4.69) is 10.3 Å². The van der Waals surface area contributed by atoms with Gasteiger partial charge in [0, 0.05) is 6.07 Å². The smallest absolute Gasteiger partial charge is 0.282 e. The Morgan fingerprint density at radius 2 is 2.00 bits per heavy atom. The number of nitrogens with one attached hydrogen (secondary N) is 1. The summed E-state index contributed by atoms with van der Waals surface area (Å²) in [5.41, 5.74) is -0.296. The number of rotatable bonds is 5. The highest BCUT2D eigenvalue weighted by Gasteiger charge is 2.41. The van der Waals surface area contributed by atoms with E-state index in [0.29, 0.717) is 16.2 Å². The van der Waals surface area contributed by atoms with Gasteiger partial charge in [0.2, 0.25) is 5.91 Å². The van der Waals surface area contributed by atoms with Crippen LogP contribution >= 0.6 is 11.3 Å². The molecule has 0 saturated heterocycles. The highest BCUT2D eigenvalue weighted by atomic mass is 32.1. The van der Waals surface area contributed by atoms with Gasteiger partial charge in [0.25, 0.3) is 17.5 Å². The third kappa shape index (κ3) is 3.06. The van der Waals surface area contributed by atoms with Crippen LogP contribution in [0.5, 0.6) is 5.75 Å². The lowest BCUT2D eigenvalue weighted by Gasteiger charge is -2.12. The van der Waals surface area contributed by atoms with Crippen molar-refractivity contribution in [1.29, 1.82) is 0 Å². The lowest BCUT2D eigenvalue weighted by atomic mass is 10.1. The molecule has 1 aliphatic rings. The van der Waals surface area contributed by atoms with Gasteiger partial charge in [-0.2, -0.15) is 0 Å². The second-order valence-electron chi connectivity index (χ2n) is 6.03. The van der Waals surface area contributed by atoms with Crippen molar-refractivity contribution in [2.45, 2.75) is 0 Å². The van der Waals surface area contributed by atoms with E-state index in [1.807, 2.05) is 6.07 Å². The number of fused-ring (bicyclic) bond motifs is 2. The van der Waals surface area contributed by atoms with Crippen LogP contribution in [-0.2, 0) is 4.79 Å². The van der Waals surface area contributed by atoms with Crippen molar-refractivity contribution in [3.63, 3.8) is 0 Å². The molecule has 10 nitrogen and oxygen atoms in total. The van der Waals surface area contributed by atoms with Gasteiger partial charge in [0.1, 0.15) is 23.4 Å². The fourth-order valence-electron chi connectivity index (χ4n) is 3.06. The number of hydrogen-bond donors (Lipinski definition) is 1. The van der Waals surface area contributed by atoms with Gasteiger partial charge in [0.05, 0.1) is 22.3 Å². The Labute approximate surface area is 166 Å². The summed E-state index contributed by atoms with van der Waals surface area (Å²) >= 11 is 1.21. The lowest BCUT2D eigenvalue weighted by molar-refractivity contribution is -0.385. The molecule has 0 saturated carbocycles. The van der Waals surface area contributed by atoms with E-state index in [1.165, 1.54) is 30.6 Å². The maximum Gasteiger partial charge on any atom is 0.282 e. The molecule has 146 valence electrons. The van der Waals surface area contributed by atoms with Gasteiger partial charge in [-0.3, -0.25) is 29.4 Å². The van der Waals surface area contributed by atoms with E-state index in [0.717, 1.165) is 10.8 Å². The number of methoxy groups -OCH3 is 1. The Hall–Kier alpha value is -3.86. The Kier molecular flexibility index (Phi) is 4.43. The molecular weight excluding hydrogens is 400 g/mol. The average Bonchev–Trinajstić information content (AvgIpc) is 3.21. The number of carbonyl (C=O) groups excluding carboxylic acids is 3. The molecule has 1 N–H and O–H groups in total. The van der Waals surface area contributed by atoms with E-state index in [1.54, 1.807) is 12.1 Å². The van der Waals surface area contributed by atoms with Crippen molar-refractivity contribution in [2.24, 2.45) is 0 Å². The van der Waals surface area contributed by atoms with Crippen molar-refractivity contribution in [3.8, 4) is 5.75 Å². The van der Waals surface area contributed by atoms with Crippen LogP contribution in [0.4, 0.5) is 10.8 Å². The van der Waals surface area contributed by atoms with Crippen molar-refractivity contribution in [2.75, 3.05) is 19.0 Å². The van der Waals surface area contributed by atoms with Gasteiger partial charge >= 0.3 is 0 Å². The van der Waals surface area contributed by atoms with E-state index in [4.69, 9.17) is 4.74 Å². The summed E-state index contributed by atoms with van der Waals surface area (Å²) in [7, 11) is 1.51. The second kappa shape index (κ2) is 6.95. The summed E-state index contributed by atoms with van der Waals surface area (Å²) in [5, 5.41) is 14.0. The predicted molar refractivity (Wildman–Crippen MR) is 103 cm³/mol. The third-order valence-corrected chi connectivity index (χ3v) is 5.26. The molecule has 3 aromatic rings. The number of nitro benzene ring substituents is 1. The average molecular weight is 412 g/mol. The first kappa shape index (κ1) is 18.5. The van der Waals surface area contributed by atoms with Crippen molar-refractivity contribution in [3.05, 3.63) is 57.6 Å². The van der Waals surface area contributed by atoms with Crippen LogP contribution in [0.25, 0.3) is 10.2 Å². The molecule has 2 aromatic carbocycles. The molecule has 0 spiro atoms. The minimum Gasteiger partial charge on any atom is -0.494 e. The molecule has 4 rings (SSSR count). The number of ether oxygens (including phenoxy) is 1. The maximum absolute atomic E-state index is 12.5. The summed E-state index contributed by atoms with van der Waals surface area (Å²) in [5.74, 6) is -1.74. The van der Waals surface area contributed by atoms with Gasteiger partial charge in [-0.05, 0) is 18.2 Å². The van der Waals surface area contributed by atoms with Crippen LogP contribution in [0.15, 0.2) is 36.4 Å². The fraction of sp³-hybridized carbons (Fsp3) is 0.111. The monoisotopic (exact) mass is 412 g/mol. The largest absolute Gasteiger partial charge is 0.494 e. The minimum atomic E-state index is -0.876. The van der Waals surface area contributed by atoms with Gasteiger partial charge in [-0.25, -0.2) is 4.98 Å². The minimum absolute atomic E-state index is 0.0956. The predicted octanol–water partition coefficient (Wildman–Crippen LogP) is 2.45. The summed E-state index contributed by atoms with van der Waals surface area (Å²) in [6, 6.07) is 9.12. The SMILES string of the molecule is COc1cccc2sc(NC(=O)CN3C(=O)c4cccc([N+](=O)[O-])c4C3=O)nc12. The Morgan fingerprint density at radius 3 is 2.72 bits per heavy atom. The quantitative estimate of drug-likeness (QED) is 0.387. The first-order valence-corrected chi connectivity index (χ1v) is 9.09. The normalized spacial score (nSPS) is 12.9. The molecule has 0 radical (unpaired) electrons. The molecule has 0 unspecified atom stereocenters. The number of anilines is 1. The molecule has 1 aromatic heterocycles. The van der Waals surface area contributed by atoms with Gasteiger partial charge in [0.15, 0.2) is 5.13 Å². The van der Waals surface area contributed by atoms with Gasteiger partial charge in [-0.1, -0.05) is 23.5 Å². The zero-order valence-electron chi connectivity index (χ0n) is 14.9. The highest BCUT2D eigenvalue weighted by molar-refractivity contribution is 7.22. The molecule has 11 heteroatoms. The van der Waals surface area contributed by atoms with Crippen LogP contribution < -0.4 is 10.1 Å². The number of amides is 3. The van der Waals surface area contributed by atoms with Crippen LogP contribution in [0, 0.1) is 10.1 Å². The zero-order chi connectivity index (χ0) is 20.7. The van der Waals surface area contributed by atoms with E-state index < -0.39 is 34.9 Å². The Balaban J connectivity index is 1.55. The molecule has 29 heavy (non-hydrogen) atoms. The number of aromatic nitrogens is 1. The number of imide groups is 1. The summed E-state index contributed by atoms with van der Waals surface area (Å²) < 4.78 is 6.01. The number of nitro groups is 1. The number of benzene rings is 2. The number of para-hydroxylation sites is 1. The number of hydrogen-bond acceptors (Lipinski definition) is 8. The molecule has 2 heterocycles. The summed E-state index contributed by atoms with van der Waals surface area (Å²) in [6.07, 6.45) is 0. The molecule has 0 atom stereocenters. The van der Waals surface area contributed by atoms with E-state index >= 15 is 0 Å². The maximum atomic E-state index is 12.5. The molecule has 0 fully saturated rings. The lowest BCUT2D eigenvalue weighted by Crippen LogP contribution is -2.37. The van der Waals surface area contributed by atoms with E-state index in [-0.39, 0.29) is 16.3 Å². The third-order valence-electron chi connectivity index (χ3n) is 4.32. The number of carbonyl (C=O) groups is 3. The van der Waals surface area contributed by atoms with Crippen LogP contribution in [0.2, 0.25) is 0 Å². The molecule has 1 aliphatic heterocycles. The molecular formula is C18H12N4O6S. The Morgan fingerprint density at radius 1 is 1.24 bits per heavy atom. The first-order valence-electron chi connectivity index (χ1n) is 8.27. The van der Waals surface area contributed by atoms with Crippen LogP contribution in [-0.4, -0.2) is 46.2 Å². The van der Waals surface area contributed by atoms with E-state index in [9.17, 15) is 24.5 Å². The van der Waals surface area contributed by atoms with Crippen molar-refractivity contribution < 1.29 is 24.0 Å². The highest BCUT2D eigenvalue weighted by Crippen LogP contribution is 2.33.